The number of halogens is 2. The molecule has 0 heterocycles. The van der Waals surface area contributed by atoms with E-state index in [9.17, 15) is 14.7 Å². The van der Waals surface area contributed by atoms with Gasteiger partial charge in [0.05, 0.1) is 10.6 Å². The molecule has 2 aromatic rings. The van der Waals surface area contributed by atoms with E-state index in [4.69, 9.17) is 27.9 Å². The highest BCUT2D eigenvalue weighted by molar-refractivity contribution is 6.35. The number of hydrazine groups is 1. The predicted molar refractivity (Wildman–Crippen MR) is 90.4 cm³/mol. The number of carbonyl (C=O) groups is 2. The zero-order valence-corrected chi connectivity index (χ0v) is 14.1. The third-order valence-corrected chi connectivity index (χ3v) is 3.50. The van der Waals surface area contributed by atoms with Gasteiger partial charge >= 0.3 is 0 Å². The molecule has 0 fully saturated rings. The van der Waals surface area contributed by atoms with Crippen molar-refractivity contribution < 1.29 is 19.4 Å². The van der Waals surface area contributed by atoms with Crippen LogP contribution in [-0.2, 0) is 4.79 Å². The molecule has 0 saturated heterocycles. The van der Waals surface area contributed by atoms with Crippen LogP contribution in [0.5, 0.6) is 11.5 Å². The molecule has 0 bridgehead atoms. The number of aryl methyl sites for hydroxylation is 1. The third kappa shape index (κ3) is 4.78. The minimum absolute atomic E-state index is 0.0527. The van der Waals surface area contributed by atoms with Crippen LogP contribution in [0.25, 0.3) is 0 Å². The lowest BCUT2D eigenvalue weighted by atomic mass is 10.1. The summed E-state index contributed by atoms with van der Waals surface area (Å²) in [5.74, 6) is -1.13. The van der Waals surface area contributed by atoms with Crippen molar-refractivity contribution in [3.63, 3.8) is 0 Å². The molecule has 126 valence electrons. The van der Waals surface area contributed by atoms with E-state index in [-0.39, 0.29) is 22.9 Å². The maximum absolute atomic E-state index is 11.9. The molecule has 2 rings (SSSR count). The first kappa shape index (κ1) is 17.9. The fourth-order valence-corrected chi connectivity index (χ4v) is 2.26. The number of nitrogens with one attached hydrogen (secondary N) is 2. The molecule has 0 unspecified atom stereocenters. The monoisotopic (exact) mass is 368 g/mol. The number of hydrogen-bond acceptors (Lipinski definition) is 4. The van der Waals surface area contributed by atoms with Crippen molar-refractivity contribution in [2.75, 3.05) is 6.61 Å². The van der Waals surface area contributed by atoms with Gasteiger partial charge in [-0.3, -0.25) is 20.4 Å². The van der Waals surface area contributed by atoms with Crippen LogP contribution in [0.4, 0.5) is 0 Å². The van der Waals surface area contributed by atoms with E-state index in [2.05, 4.69) is 10.9 Å². The van der Waals surface area contributed by atoms with E-state index in [0.717, 1.165) is 5.56 Å². The van der Waals surface area contributed by atoms with Crippen LogP contribution in [0.1, 0.15) is 15.9 Å². The molecule has 0 spiro atoms. The van der Waals surface area contributed by atoms with Crippen molar-refractivity contribution in [3.05, 3.63) is 57.6 Å². The van der Waals surface area contributed by atoms with E-state index in [1.807, 2.05) is 0 Å². The fourth-order valence-electron chi connectivity index (χ4n) is 1.80. The number of benzene rings is 2. The maximum atomic E-state index is 11.9. The summed E-state index contributed by atoms with van der Waals surface area (Å²) in [6, 6.07) is 9.15. The number of rotatable bonds is 4. The van der Waals surface area contributed by atoms with Gasteiger partial charge in [0.15, 0.2) is 6.61 Å². The number of amides is 2. The average Bonchev–Trinajstić information content (AvgIpc) is 2.54. The smallest absolute Gasteiger partial charge is 0.276 e. The van der Waals surface area contributed by atoms with Gasteiger partial charge < -0.3 is 9.84 Å². The SMILES string of the molecule is Cc1ccc(O)c(C(=O)NNC(=O)COc2ccc(Cl)cc2Cl)c1. The number of phenols is 1. The van der Waals surface area contributed by atoms with Gasteiger partial charge in [-0.2, -0.15) is 0 Å². The lowest BCUT2D eigenvalue weighted by molar-refractivity contribution is -0.123. The summed E-state index contributed by atoms with van der Waals surface area (Å²) in [5, 5.41) is 10.4. The van der Waals surface area contributed by atoms with Gasteiger partial charge in [-0.05, 0) is 37.3 Å². The third-order valence-electron chi connectivity index (χ3n) is 2.96. The molecule has 0 aliphatic carbocycles. The number of ether oxygens (including phenoxy) is 1. The van der Waals surface area contributed by atoms with Crippen LogP contribution < -0.4 is 15.6 Å². The Hall–Kier alpha value is -2.44. The van der Waals surface area contributed by atoms with Crippen LogP contribution in [0.15, 0.2) is 36.4 Å². The molecular formula is C16H14Cl2N2O4. The lowest BCUT2D eigenvalue weighted by Crippen LogP contribution is -2.43. The summed E-state index contributed by atoms with van der Waals surface area (Å²) in [6.45, 7) is 1.42. The van der Waals surface area contributed by atoms with E-state index >= 15 is 0 Å². The second kappa shape index (κ2) is 7.90. The Labute approximate surface area is 148 Å². The first-order chi connectivity index (χ1) is 11.4. The standard InChI is InChI=1S/C16H14Cl2N2O4/c1-9-2-4-13(21)11(6-9)16(23)20-19-15(22)8-24-14-5-3-10(17)7-12(14)18/h2-7,21H,8H2,1H3,(H,19,22)(H,20,23). The van der Waals surface area contributed by atoms with Crippen LogP contribution >= 0.6 is 23.2 Å². The van der Waals surface area contributed by atoms with Gasteiger partial charge in [0.25, 0.3) is 11.8 Å². The van der Waals surface area contributed by atoms with Gasteiger partial charge in [0, 0.05) is 5.02 Å². The molecule has 0 aromatic heterocycles. The van der Waals surface area contributed by atoms with Gasteiger partial charge in [0.2, 0.25) is 0 Å². The quantitative estimate of drug-likeness (QED) is 0.724. The molecule has 6 nitrogen and oxygen atoms in total. The van der Waals surface area contributed by atoms with Gasteiger partial charge in [0.1, 0.15) is 11.5 Å². The van der Waals surface area contributed by atoms with E-state index < -0.39 is 11.8 Å². The van der Waals surface area contributed by atoms with E-state index in [1.165, 1.54) is 24.3 Å². The van der Waals surface area contributed by atoms with Crippen molar-refractivity contribution in [1.29, 1.82) is 0 Å². The first-order valence-corrected chi connectivity index (χ1v) is 7.59. The van der Waals surface area contributed by atoms with Gasteiger partial charge in [-0.25, -0.2) is 0 Å². The zero-order valence-electron chi connectivity index (χ0n) is 12.6. The average molecular weight is 369 g/mol. The molecule has 24 heavy (non-hydrogen) atoms. The van der Waals surface area contributed by atoms with Gasteiger partial charge in [-0.1, -0.05) is 34.8 Å². The minimum Gasteiger partial charge on any atom is -0.507 e. The summed E-state index contributed by atoms with van der Waals surface area (Å²) in [4.78, 5) is 23.6. The highest BCUT2D eigenvalue weighted by atomic mass is 35.5. The van der Waals surface area contributed by atoms with Gasteiger partial charge in [-0.15, -0.1) is 0 Å². The molecule has 0 aliphatic heterocycles. The Morgan fingerprint density at radius 1 is 1.12 bits per heavy atom. The summed E-state index contributed by atoms with van der Waals surface area (Å²) >= 11 is 11.7. The molecule has 0 saturated carbocycles. The molecular weight excluding hydrogens is 355 g/mol. The summed E-state index contributed by atoms with van der Waals surface area (Å²) in [5.41, 5.74) is 5.23. The Balaban J connectivity index is 1.86. The Bertz CT molecular complexity index is 781. The highest BCUT2D eigenvalue weighted by Crippen LogP contribution is 2.27. The molecule has 2 amide bonds. The molecule has 3 N–H and O–H groups in total. The second-order valence-corrected chi connectivity index (χ2v) is 5.73. The van der Waals surface area contributed by atoms with Crippen molar-refractivity contribution in [3.8, 4) is 11.5 Å². The maximum Gasteiger partial charge on any atom is 0.276 e. The normalized spacial score (nSPS) is 10.1. The van der Waals surface area contributed by atoms with Crippen LogP contribution in [0, 0.1) is 6.92 Å². The molecule has 0 aliphatic rings. The van der Waals surface area contributed by atoms with E-state index in [1.54, 1.807) is 19.1 Å². The predicted octanol–water partition coefficient (Wildman–Crippen LogP) is 2.85. The van der Waals surface area contributed by atoms with Crippen LogP contribution in [-0.4, -0.2) is 23.5 Å². The number of hydrogen-bond donors (Lipinski definition) is 3. The largest absolute Gasteiger partial charge is 0.507 e. The van der Waals surface area contributed by atoms with Crippen molar-refractivity contribution >= 4 is 35.0 Å². The van der Waals surface area contributed by atoms with E-state index in [0.29, 0.717) is 10.8 Å². The Kier molecular flexibility index (Phi) is 5.89. The lowest BCUT2D eigenvalue weighted by Gasteiger charge is -2.10. The Morgan fingerprint density at radius 2 is 1.88 bits per heavy atom. The number of phenolic OH excluding ortho intramolecular Hbond substituents is 1. The van der Waals surface area contributed by atoms with Crippen LogP contribution in [0.2, 0.25) is 10.0 Å². The summed E-state index contributed by atoms with van der Waals surface area (Å²) in [6.07, 6.45) is 0. The van der Waals surface area contributed by atoms with Crippen molar-refractivity contribution in [1.82, 2.24) is 10.9 Å². The second-order valence-electron chi connectivity index (χ2n) is 4.89. The summed E-state index contributed by atoms with van der Waals surface area (Å²) in [7, 11) is 0. The molecule has 0 radical (unpaired) electrons. The topological polar surface area (TPSA) is 87.7 Å². The highest BCUT2D eigenvalue weighted by Gasteiger charge is 2.13. The first-order valence-electron chi connectivity index (χ1n) is 6.83. The van der Waals surface area contributed by atoms with Crippen LogP contribution in [0.3, 0.4) is 0 Å². The van der Waals surface area contributed by atoms with Crippen molar-refractivity contribution in [2.24, 2.45) is 0 Å². The van der Waals surface area contributed by atoms with Crippen molar-refractivity contribution in [2.45, 2.75) is 6.92 Å². The molecule has 0 atom stereocenters. The number of carbonyl (C=O) groups excluding carboxylic acids is 2. The Morgan fingerprint density at radius 3 is 2.58 bits per heavy atom. The zero-order chi connectivity index (χ0) is 17.7. The number of aromatic hydroxyl groups is 1. The molecule has 8 heteroatoms. The fraction of sp³-hybridized carbons (Fsp3) is 0.125. The minimum atomic E-state index is -0.644. The molecule has 2 aromatic carbocycles. The summed E-state index contributed by atoms with van der Waals surface area (Å²) < 4.78 is 5.23.